The van der Waals surface area contributed by atoms with Crippen LogP contribution < -0.4 is 0 Å². The minimum atomic E-state index is -1.23. The summed E-state index contributed by atoms with van der Waals surface area (Å²) < 4.78 is 4.40. The van der Waals surface area contributed by atoms with Crippen molar-refractivity contribution in [2.24, 2.45) is 0 Å². The highest BCUT2D eigenvalue weighted by molar-refractivity contribution is 6.64. The van der Waals surface area contributed by atoms with Gasteiger partial charge < -0.3 is 9.84 Å². The van der Waals surface area contributed by atoms with Crippen LogP contribution in [0.3, 0.4) is 0 Å². The first-order valence-corrected chi connectivity index (χ1v) is 3.41. The van der Waals surface area contributed by atoms with Crippen molar-refractivity contribution in [2.45, 2.75) is 26.1 Å². The average Bonchev–Trinajstić information content (AvgIpc) is 1.87. The Kier molecular flexibility index (Phi) is 4.07. The molecule has 0 radical (unpaired) electrons. The number of aliphatic hydroxyl groups excluding tert-OH is 1. The number of esters is 1. The Bertz CT molecular complexity index is 166. The van der Waals surface area contributed by atoms with E-state index in [9.17, 15) is 9.59 Å². The monoisotopic (exact) mass is 180 g/mol. The molecule has 0 heterocycles. The number of carbonyl (C=O) groups excluding carboxylic acids is 2. The number of hydrogen-bond acceptors (Lipinski definition) is 4. The van der Waals surface area contributed by atoms with E-state index in [0.29, 0.717) is 0 Å². The van der Waals surface area contributed by atoms with Gasteiger partial charge in [-0.1, -0.05) is 0 Å². The summed E-state index contributed by atoms with van der Waals surface area (Å²) in [6, 6.07) is 0. The van der Waals surface area contributed by atoms with Crippen molar-refractivity contribution in [1.82, 2.24) is 0 Å². The van der Waals surface area contributed by atoms with Crippen molar-refractivity contribution in [1.29, 1.82) is 0 Å². The smallest absolute Gasteiger partial charge is 0.335 e. The molecule has 1 N–H and O–H groups in total. The molecule has 5 heteroatoms. The second kappa shape index (κ2) is 4.31. The first-order valence-electron chi connectivity index (χ1n) is 3.03. The zero-order valence-electron chi connectivity index (χ0n) is 6.20. The Hall–Kier alpha value is -0.610. The largest absolute Gasteiger partial charge is 0.451 e. The highest BCUT2D eigenvalue weighted by Gasteiger charge is 2.18. The maximum atomic E-state index is 10.6. The summed E-state index contributed by atoms with van der Waals surface area (Å²) in [4.78, 5) is 20.9. The van der Waals surface area contributed by atoms with E-state index in [1.807, 2.05) is 0 Å². The molecule has 2 atom stereocenters. The quantitative estimate of drug-likeness (QED) is 0.493. The molecule has 0 saturated carbocycles. The molecule has 0 aromatic rings. The average molecular weight is 181 g/mol. The molecule has 0 rings (SSSR count). The van der Waals surface area contributed by atoms with Crippen LogP contribution in [0.4, 0.5) is 0 Å². The van der Waals surface area contributed by atoms with E-state index >= 15 is 0 Å². The number of rotatable bonds is 3. The molecule has 0 aliphatic heterocycles. The minimum absolute atomic E-state index is 0.765. The van der Waals surface area contributed by atoms with Crippen molar-refractivity contribution >= 4 is 22.8 Å². The fourth-order valence-electron chi connectivity index (χ4n) is 0.319. The van der Waals surface area contributed by atoms with Gasteiger partial charge in [-0.2, -0.15) is 0 Å². The Morgan fingerprint density at radius 2 is 1.91 bits per heavy atom. The van der Waals surface area contributed by atoms with Gasteiger partial charge in [0.2, 0.25) is 0 Å². The molecule has 0 aromatic heterocycles. The lowest BCUT2D eigenvalue weighted by atomic mass is 10.4. The highest BCUT2D eigenvalue weighted by atomic mass is 35.5. The number of halogens is 1. The van der Waals surface area contributed by atoms with Gasteiger partial charge in [0.15, 0.2) is 6.10 Å². The third-order valence-electron chi connectivity index (χ3n) is 0.954. The van der Waals surface area contributed by atoms with E-state index in [1.54, 1.807) is 0 Å². The van der Waals surface area contributed by atoms with Crippen molar-refractivity contribution in [2.75, 3.05) is 0 Å². The maximum absolute atomic E-state index is 10.6. The van der Waals surface area contributed by atoms with Crippen molar-refractivity contribution in [3.63, 3.8) is 0 Å². The molecule has 0 aliphatic carbocycles. The first-order chi connectivity index (χ1) is 4.95. The molecule has 0 amide bonds. The Morgan fingerprint density at radius 3 is 2.18 bits per heavy atom. The van der Waals surface area contributed by atoms with E-state index in [-0.39, 0.29) is 0 Å². The van der Waals surface area contributed by atoms with Crippen LogP contribution in [0.2, 0.25) is 0 Å². The lowest BCUT2D eigenvalue weighted by Gasteiger charge is -2.09. The summed E-state index contributed by atoms with van der Waals surface area (Å²) >= 11 is 4.98. The zero-order valence-corrected chi connectivity index (χ0v) is 6.96. The number of aliphatic hydroxyl groups is 1. The predicted molar refractivity (Wildman–Crippen MR) is 38.1 cm³/mol. The molecule has 0 unspecified atom stereocenters. The summed E-state index contributed by atoms with van der Waals surface area (Å²) in [5.41, 5.74) is 0. The molecule has 0 aromatic carbocycles. The third kappa shape index (κ3) is 3.95. The summed E-state index contributed by atoms with van der Waals surface area (Å²) in [5, 5.41) is 7.86. The lowest BCUT2D eigenvalue weighted by molar-refractivity contribution is -0.159. The highest BCUT2D eigenvalue weighted by Crippen LogP contribution is 1.98. The van der Waals surface area contributed by atoms with Crippen molar-refractivity contribution < 1.29 is 19.4 Å². The SMILES string of the molecule is C[C@H](O)C(=O)O[C@@H](C)C(=O)Cl. The predicted octanol–water partition coefficient (Wildman–Crippen LogP) is 0.0643. The second-order valence-corrected chi connectivity index (χ2v) is 2.43. The van der Waals surface area contributed by atoms with Crippen LogP contribution in [0.1, 0.15) is 13.8 Å². The third-order valence-corrected chi connectivity index (χ3v) is 1.26. The van der Waals surface area contributed by atoms with Crippen LogP contribution >= 0.6 is 11.6 Å². The van der Waals surface area contributed by atoms with E-state index in [2.05, 4.69) is 4.74 Å². The first kappa shape index (κ1) is 10.4. The maximum Gasteiger partial charge on any atom is 0.335 e. The van der Waals surface area contributed by atoms with Gasteiger partial charge in [0.05, 0.1) is 0 Å². The summed E-state index contributed by atoms with van der Waals surface area (Å²) in [6.07, 6.45) is -2.23. The van der Waals surface area contributed by atoms with Crippen LogP contribution in [-0.4, -0.2) is 28.5 Å². The van der Waals surface area contributed by atoms with Gasteiger partial charge >= 0.3 is 5.97 Å². The molecular weight excluding hydrogens is 172 g/mol. The van der Waals surface area contributed by atoms with E-state index in [1.165, 1.54) is 13.8 Å². The fraction of sp³-hybridized carbons (Fsp3) is 0.667. The minimum Gasteiger partial charge on any atom is -0.451 e. The normalized spacial score (nSPS) is 15.3. The topological polar surface area (TPSA) is 63.6 Å². The van der Waals surface area contributed by atoms with Gasteiger partial charge in [-0.05, 0) is 25.4 Å². The summed E-state index contributed by atoms with van der Waals surface area (Å²) in [7, 11) is 0. The van der Waals surface area contributed by atoms with Crippen LogP contribution in [0.25, 0.3) is 0 Å². The fourth-order valence-corrected chi connectivity index (χ4v) is 0.364. The number of carbonyl (C=O) groups is 2. The molecule has 0 saturated heterocycles. The standard InChI is InChI=1S/C6H9ClO4/c1-3(8)6(10)11-4(2)5(7)9/h3-4,8H,1-2H3/t3-,4-/m0/s1. The van der Waals surface area contributed by atoms with Crippen LogP contribution in [0.5, 0.6) is 0 Å². The second-order valence-electron chi connectivity index (χ2n) is 2.06. The molecule has 0 spiro atoms. The summed E-state index contributed by atoms with van der Waals surface area (Å²) in [6.45, 7) is 2.57. The summed E-state index contributed by atoms with van der Waals surface area (Å²) in [5.74, 6) is -0.855. The molecule has 0 fully saturated rings. The van der Waals surface area contributed by atoms with Gasteiger partial charge in [-0.15, -0.1) is 0 Å². The Labute approximate surface area is 69.1 Å². The van der Waals surface area contributed by atoms with Gasteiger partial charge in [-0.3, -0.25) is 4.79 Å². The molecule has 0 bridgehead atoms. The van der Waals surface area contributed by atoms with E-state index in [0.717, 1.165) is 0 Å². The molecule has 64 valence electrons. The van der Waals surface area contributed by atoms with Gasteiger partial charge in [-0.25, -0.2) is 4.79 Å². The van der Waals surface area contributed by atoms with Crippen LogP contribution in [0, 0.1) is 0 Å². The van der Waals surface area contributed by atoms with Gasteiger partial charge in [0, 0.05) is 0 Å². The number of ether oxygens (including phenoxy) is 1. The van der Waals surface area contributed by atoms with E-state index in [4.69, 9.17) is 16.7 Å². The van der Waals surface area contributed by atoms with Crippen LogP contribution in [0.15, 0.2) is 0 Å². The lowest BCUT2D eigenvalue weighted by Crippen LogP contribution is -2.27. The number of hydrogen-bond donors (Lipinski definition) is 1. The van der Waals surface area contributed by atoms with Gasteiger partial charge in [0.1, 0.15) is 6.10 Å². The molecule has 4 nitrogen and oxygen atoms in total. The Balaban J connectivity index is 3.85. The molecular formula is C6H9ClO4. The van der Waals surface area contributed by atoms with Crippen LogP contribution in [-0.2, 0) is 14.3 Å². The Morgan fingerprint density at radius 1 is 1.45 bits per heavy atom. The molecule has 0 aliphatic rings. The molecule has 11 heavy (non-hydrogen) atoms. The zero-order chi connectivity index (χ0) is 9.02. The van der Waals surface area contributed by atoms with Gasteiger partial charge in [0.25, 0.3) is 5.24 Å². The van der Waals surface area contributed by atoms with E-state index < -0.39 is 23.4 Å². The van der Waals surface area contributed by atoms with Crippen molar-refractivity contribution in [3.8, 4) is 0 Å². The van der Waals surface area contributed by atoms with Crippen molar-refractivity contribution in [3.05, 3.63) is 0 Å².